The van der Waals surface area contributed by atoms with Crippen LogP contribution in [-0.4, -0.2) is 161 Å². The fourth-order valence-corrected chi connectivity index (χ4v) is 7.01. The van der Waals surface area contributed by atoms with E-state index in [2.05, 4.69) is 22.2 Å². The molecule has 2 fully saturated rings. The van der Waals surface area contributed by atoms with Gasteiger partial charge < -0.3 is 80.5 Å². The molecule has 0 aromatic heterocycles. The van der Waals surface area contributed by atoms with E-state index in [0.29, 0.717) is 29.7 Å². The highest BCUT2D eigenvalue weighted by molar-refractivity contribution is 5.92. The van der Waals surface area contributed by atoms with Gasteiger partial charge in [-0.25, -0.2) is 9.59 Å². The van der Waals surface area contributed by atoms with Crippen LogP contribution >= 0.6 is 0 Å². The first-order valence-corrected chi connectivity index (χ1v) is 19.0. The van der Waals surface area contributed by atoms with Gasteiger partial charge in [0.1, 0.15) is 49.4 Å². The van der Waals surface area contributed by atoms with Gasteiger partial charge in [0.2, 0.25) is 12.1 Å². The van der Waals surface area contributed by atoms with E-state index < -0.39 is 79.9 Å². The van der Waals surface area contributed by atoms with Crippen molar-refractivity contribution < 1.29 is 79.0 Å². The summed E-state index contributed by atoms with van der Waals surface area (Å²) < 4.78 is 29.4. The molecule has 3 heterocycles. The Kier molecular flexibility index (Phi) is 17.6. The molecule has 4 rings (SSSR count). The molecule has 20 nitrogen and oxygen atoms in total. The fourth-order valence-electron chi connectivity index (χ4n) is 7.01. The molecule has 0 spiro atoms. The molecule has 0 aromatic rings. The first-order chi connectivity index (χ1) is 27.3. The van der Waals surface area contributed by atoms with Crippen LogP contribution in [0, 0.1) is 11.8 Å². The Balaban J connectivity index is 1.77. The summed E-state index contributed by atoms with van der Waals surface area (Å²) in [5.74, 6) is -7.04. The number of carbonyl (C=O) groups excluding carboxylic acids is 1. The number of rotatable bonds is 19. The molecule has 1 unspecified atom stereocenters. The Labute approximate surface area is 330 Å². The molecule has 13 N–H and O–H groups in total. The number of nitrogens with zero attached hydrogens (tertiary/aromatic N) is 1. The lowest BCUT2D eigenvalue weighted by Crippen LogP contribution is -3.09. The number of aliphatic imine (C=N–C) groups is 1. The highest BCUT2D eigenvalue weighted by atomic mass is 16.8. The van der Waals surface area contributed by atoms with E-state index in [1.165, 1.54) is 13.1 Å². The normalized spacial score (nSPS) is 30.3. The third kappa shape index (κ3) is 11.7. The van der Waals surface area contributed by atoms with Crippen molar-refractivity contribution in [2.45, 2.75) is 87.5 Å². The molecule has 0 radical (unpaired) electrons. The molecule has 1 saturated heterocycles. The minimum Gasteiger partial charge on any atom is -0.478 e. The number of carbonyl (C=O) groups is 2. The molecule has 320 valence electrons. The fraction of sp³-hybridized carbons (Fsp3) is 0.649. The maximum absolute atomic E-state index is 13.9. The summed E-state index contributed by atoms with van der Waals surface area (Å²) in [6, 6.07) is 0. The molecule has 1 saturated carbocycles. The Morgan fingerprint density at radius 3 is 2.51 bits per heavy atom. The monoisotopic (exact) mass is 812 g/mol. The molecule has 9 atom stereocenters. The first kappa shape index (κ1) is 45.9. The van der Waals surface area contributed by atoms with Gasteiger partial charge in [0.05, 0.1) is 48.8 Å². The molecular weight excluding hydrogens is 754 g/mol. The van der Waals surface area contributed by atoms with Crippen LogP contribution in [-0.2, 0) is 33.3 Å². The summed E-state index contributed by atoms with van der Waals surface area (Å²) in [6.07, 6.45) is 1.66. The summed E-state index contributed by atoms with van der Waals surface area (Å²) in [7, 11) is 1.43. The topological polar surface area (TPSA) is 309 Å². The predicted molar refractivity (Wildman–Crippen MR) is 199 cm³/mol. The second-order valence-corrected chi connectivity index (χ2v) is 14.1. The van der Waals surface area contributed by atoms with Crippen molar-refractivity contribution in [1.82, 2.24) is 10.6 Å². The lowest BCUT2D eigenvalue weighted by molar-refractivity contribution is -0.843. The van der Waals surface area contributed by atoms with Crippen molar-refractivity contribution >= 4 is 17.9 Å². The number of likely N-dealkylation sites (N-methyl/N-ethyl adjacent to an activating group) is 1. The van der Waals surface area contributed by atoms with Crippen molar-refractivity contribution in [3.63, 3.8) is 0 Å². The van der Waals surface area contributed by atoms with Crippen molar-refractivity contribution in [3.05, 3.63) is 59.7 Å². The highest BCUT2D eigenvalue weighted by Gasteiger charge is 2.58. The first-order valence-electron chi connectivity index (χ1n) is 19.0. The van der Waals surface area contributed by atoms with Gasteiger partial charge in [-0.15, -0.1) is 6.58 Å². The van der Waals surface area contributed by atoms with Gasteiger partial charge in [0.15, 0.2) is 18.4 Å². The number of guanidine groups is 1. The Morgan fingerprint density at radius 2 is 1.89 bits per heavy atom. The molecule has 0 bridgehead atoms. The van der Waals surface area contributed by atoms with Crippen LogP contribution in [0.2, 0.25) is 0 Å². The number of nitrogens with two attached hydrogens (primary N) is 1. The van der Waals surface area contributed by atoms with E-state index in [4.69, 9.17) is 29.4 Å². The lowest BCUT2D eigenvalue weighted by Gasteiger charge is -2.48. The molecule has 20 heteroatoms. The number of aliphatic hydroxyl groups is 7. The van der Waals surface area contributed by atoms with Crippen LogP contribution in [0.5, 0.6) is 0 Å². The second-order valence-electron chi connectivity index (χ2n) is 14.1. The number of esters is 1. The van der Waals surface area contributed by atoms with Crippen LogP contribution < -0.4 is 21.3 Å². The van der Waals surface area contributed by atoms with Gasteiger partial charge >= 0.3 is 11.9 Å². The average molecular weight is 813 g/mol. The number of carboxylic acid groups (broad SMARTS) is 1. The molecule has 0 aromatic carbocycles. The van der Waals surface area contributed by atoms with Crippen LogP contribution in [0.1, 0.15) is 38.5 Å². The van der Waals surface area contributed by atoms with E-state index >= 15 is 0 Å². The number of quaternary nitrogens is 1. The van der Waals surface area contributed by atoms with Crippen LogP contribution in [0.15, 0.2) is 64.7 Å². The molecule has 57 heavy (non-hydrogen) atoms. The lowest BCUT2D eigenvalue weighted by atomic mass is 9.83. The zero-order valence-corrected chi connectivity index (χ0v) is 31.9. The molecule has 0 amide bonds. The van der Waals surface area contributed by atoms with Gasteiger partial charge in [-0.3, -0.25) is 10.3 Å². The Bertz CT molecular complexity index is 1520. The van der Waals surface area contributed by atoms with Gasteiger partial charge in [-0.05, 0) is 39.2 Å². The van der Waals surface area contributed by atoms with Crippen LogP contribution in [0.25, 0.3) is 0 Å². The van der Waals surface area contributed by atoms with Crippen LogP contribution in [0.3, 0.4) is 0 Å². The van der Waals surface area contributed by atoms with E-state index in [1.807, 2.05) is 0 Å². The summed E-state index contributed by atoms with van der Waals surface area (Å²) in [6.45, 7) is 2.40. The van der Waals surface area contributed by atoms with Crippen molar-refractivity contribution in [1.29, 1.82) is 0 Å². The number of hydrogen-bond donors (Lipinski definition) is 12. The Morgan fingerprint density at radius 1 is 1.16 bits per heavy atom. The Hall–Kier alpha value is -3.77. The van der Waals surface area contributed by atoms with Crippen molar-refractivity contribution in [2.75, 3.05) is 53.1 Å². The predicted octanol–water partition coefficient (Wildman–Crippen LogP) is -3.82. The summed E-state index contributed by atoms with van der Waals surface area (Å²) >= 11 is 0. The third-order valence-corrected chi connectivity index (χ3v) is 10.1. The van der Waals surface area contributed by atoms with E-state index in [-0.39, 0.29) is 61.8 Å². The minimum atomic E-state index is -3.07. The smallest absolute Gasteiger partial charge is 0.339 e. The average Bonchev–Trinajstić information content (AvgIpc) is 3.19. The van der Waals surface area contributed by atoms with Gasteiger partial charge in [-0.2, -0.15) is 0 Å². The molecule has 4 aliphatic rings. The van der Waals surface area contributed by atoms with E-state index in [9.17, 15) is 50.4 Å². The number of ether oxygens (including phenoxy) is 5. The van der Waals surface area contributed by atoms with Crippen molar-refractivity contribution in [2.24, 2.45) is 22.6 Å². The third-order valence-electron chi connectivity index (χ3n) is 10.1. The zero-order chi connectivity index (χ0) is 41.7. The highest BCUT2D eigenvalue weighted by Crippen LogP contribution is 2.39. The second kappa shape index (κ2) is 21.8. The van der Waals surface area contributed by atoms with Crippen LogP contribution in [0.4, 0.5) is 0 Å². The number of carboxylic acids is 1. The number of allylic oxidation sites excluding steroid dienone is 2. The maximum atomic E-state index is 13.9. The standard InChI is InChI=1S/C37H57N5O15/c1-3-23-24(11-10-21-16-42(13-15-44)17-25(32(48)49)29(21)41-36(38)40-12-7-14-43)26(33(50)54-22-8-5-4-6-9-22)20-53-34(23)57-35-31(56-28(19-46)39-2)37(51,52)30(47)27(18-45)55-35/h3,10-11,16,20,22-24,27-28,30-31,34-35,39,43-47,51-52H,1,4-9,12-15,17-19H2,2H3,(H,48,49)(H3,38,40,41)/p+1/b11-10+/t23-,24+,27-,28-,30-,31+,34+,35+/m1/s1. The summed E-state index contributed by atoms with van der Waals surface area (Å²) in [5, 5.41) is 87.0. The quantitative estimate of drug-likeness (QED) is 0.0149. The largest absolute Gasteiger partial charge is 0.478 e. The molecular formula is C37H58N5O15+. The molecule has 1 aliphatic carbocycles. The summed E-state index contributed by atoms with van der Waals surface area (Å²) in [4.78, 5) is 31.2. The molecule has 3 aliphatic heterocycles. The summed E-state index contributed by atoms with van der Waals surface area (Å²) in [5.41, 5.74) is 6.51. The number of nitrogens with one attached hydrogen (secondary N) is 3. The van der Waals surface area contributed by atoms with E-state index in [1.54, 1.807) is 18.4 Å². The minimum absolute atomic E-state index is 0.0170. The number of aliphatic carboxylic acids is 1. The number of aliphatic hydroxyl groups excluding tert-OH is 5. The van der Waals surface area contributed by atoms with E-state index in [0.717, 1.165) is 25.5 Å². The maximum Gasteiger partial charge on any atom is 0.339 e. The van der Waals surface area contributed by atoms with Crippen molar-refractivity contribution in [3.8, 4) is 0 Å². The van der Waals surface area contributed by atoms with Gasteiger partial charge in [0, 0.05) is 19.1 Å². The van der Waals surface area contributed by atoms with Gasteiger partial charge in [0.25, 0.3) is 0 Å². The SMILES string of the molecule is C=C[C@H]1[C@H](O[C@@H]2O[C@H](CO)[C@@H](O)C(O)(O)[C@H]2O[C@H](CO)NC)OC=C(C(=O)OC2CCCCC2)[C@H]1/C=C/C1=C[NH+](CCO)CC(C(=O)O)=C1NC(N)=NCCCO. The van der Waals surface area contributed by atoms with Gasteiger partial charge in [-0.1, -0.05) is 24.6 Å². The number of hydrogen-bond acceptors (Lipinski definition) is 16. The zero-order valence-electron chi connectivity index (χ0n) is 31.9.